The number of amides is 1. The van der Waals surface area contributed by atoms with Crippen molar-refractivity contribution >= 4 is 17.4 Å². The summed E-state index contributed by atoms with van der Waals surface area (Å²) in [4.78, 5) is 30.9. The van der Waals surface area contributed by atoms with Crippen LogP contribution in [0.2, 0.25) is 0 Å². The van der Waals surface area contributed by atoms with Crippen molar-refractivity contribution in [2.45, 2.75) is 19.4 Å². The third-order valence-electron chi connectivity index (χ3n) is 4.34. The first-order valence-electron chi connectivity index (χ1n) is 8.42. The van der Waals surface area contributed by atoms with Gasteiger partial charge >= 0.3 is 0 Å². The molecule has 1 atom stereocenters. The maximum absolute atomic E-state index is 12.7. The number of benzene rings is 1. The van der Waals surface area contributed by atoms with Crippen LogP contribution in [0.3, 0.4) is 0 Å². The first-order valence-corrected chi connectivity index (χ1v) is 8.42. The molecule has 6 nitrogen and oxygen atoms in total. The molecule has 2 heterocycles. The van der Waals surface area contributed by atoms with Gasteiger partial charge in [0.1, 0.15) is 17.6 Å². The fourth-order valence-electron chi connectivity index (χ4n) is 3.10. The van der Waals surface area contributed by atoms with Gasteiger partial charge in [0.15, 0.2) is 0 Å². The van der Waals surface area contributed by atoms with Crippen molar-refractivity contribution in [2.75, 3.05) is 13.7 Å². The smallest absolute Gasteiger partial charge is 0.295 e. The molecule has 0 radical (unpaired) electrons. The number of carbonyl (C=O) groups is 2. The lowest BCUT2D eigenvalue weighted by Crippen LogP contribution is -2.30. The van der Waals surface area contributed by atoms with Gasteiger partial charge in [-0.1, -0.05) is 13.0 Å². The lowest BCUT2D eigenvalue weighted by molar-refractivity contribution is -0.139. The topological polar surface area (TPSA) is 79.7 Å². The minimum absolute atomic E-state index is 0.0623. The van der Waals surface area contributed by atoms with E-state index < -0.39 is 17.7 Å². The van der Waals surface area contributed by atoms with Gasteiger partial charge in [0.05, 0.1) is 18.4 Å². The second kappa shape index (κ2) is 7.39. The van der Waals surface area contributed by atoms with Gasteiger partial charge < -0.3 is 14.7 Å². The Labute approximate surface area is 151 Å². The van der Waals surface area contributed by atoms with E-state index >= 15 is 0 Å². The second-order valence-corrected chi connectivity index (χ2v) is 5.98. The Kier molecular flexibility index (Phi) is 5.02. The third kappa shape index (κ3) is 3.06. The Morgan fingerprint density at radius 2 is 1.92 bits per heavy atom. The van der Waals surface area contributed by atoms with E-state index in [4.69, 9.17) is 4.74 Å². The summed E-state index contributed by atoms with van der Waals surface area (Å²) < 4.78 is 5.12. The average molecular weight is 352 g/mol. The summed E-state index contributed by atoms with van der Waals surface area (Å²) in [6.45, 7) is 2.34. The highest BCUT2D eigenvalue weighted by Gasteiger charge is 2.46. The standard InChI is InChI=1S/C20H20N2O4/c1-3-12-22-17(15-6-4-5-11-21-15)16(19(24)20(22)25)18(23)13-7-9-14(26-2)10-8-13/h4-11,17,23H,3,12H2,1-2H3/b18-16-. The first kappa shape index (κ1) is 17.7. The highest BCUT2D eigenvalue weighted by Crippen LogP contribution is 2.38. The summed E-state index contributed by atoms with van der Waals surface area (Å²) in [6.07, 6.45) is 2.30. The number of ketones is 1. The first-order chi connectivity index (χ1) is 12.6. The van der Waals surface area contributed by atoms with Crippen molar-refractivity contribution in [3.8, 4) is 5.75 Å². The molecule has 3 rings (SSSR count). The molecule has 6 heteroatoms. The van der Waals surface area contributed by atoms with Crippen LogP contribution in [-0.2, 0) is 9.59 Å². The van der Waals surface area contributed by atoms with E-state index in [1.807, 2.05) is 6.92 Å². The molecule has 1 unspecified atom stereocenters. The maximum Gasteiger partial charge on any atom is 0.295 e. The number of aliphatic hydroxyl groups excluding tert-OH is 1. The molecule has 2 aromatic rings. The molecule has 1 aromatic heterocycles. The number of Topliss-reactive ketones (excluding diaryl/α,β-unsaturated/α-hetero) is 1. The van der Waals surface area contributed by atoms with Crippen LogP contribution < -0.4 is 4.74 Å². The normalized spacial score (nSPS) is 19.0. The van der Waals surface area contributed by atoms with E-state index in [0.717, 1.165) is 0 Å². The van der Waals surface area contributed by atoms with Crippen LogP contribution in [0, 0.1) is 0 Å². The van der Waals surface area contributed by atoms with Crippen molar-refractivity contribution in [1.82, 2.24) is 9.88 Å². The molecule has 26 heavy (non-hydrogen) atoms. The molecule has 0 saturated carbocycles. The van der Waals surface area contributed by atoms with Gasteiger partial charge in [0.2, 0.25) is 0 Å². The molecule has 1 saturated heterocycles. The number of hydrogen-bond acceptors (Lipinski definition) is 5. The maximum atomic E-state index is 12.7. The van der Waals surface area contributed by atoms with Crippen LogP contribution in [0.15, 0.2) is 54.2 Å². The van der Waals surface area contributed by atoms with Gasteiger partial charge in [-0.25, -0.2) is 0 Å². The summed E-state index contributed by atoms with van der Waals surface area (Å²) in [5.41, 5.74) is 1.06. The lowest BCUT2D eigenvalue weighted by Gasteiger charge is -2.23. The summed E-state index contributed by atoms with van der Waals surface area (Å²) in [5.74, 6) is -0.880. The lowest BCUT2D eigenvalue weighted by atomic mass is 9.98. The molecule has 0 aliphatic carbocycles. The van der Waals surface area contributed by atoms with Gasteiger partial charge in [0, 0.05) is 18.3 Å². The third-order valence-corrected chi connectivity index (χ3v) is 4.34. The zero-order valence-electron chi connectivity index (χ0n) is 14.7. The Balaban J connectivity index is 2.14. The zero-order chi connectivity index (χ0) is 18.7. The van der Waals surface area contributed by atoms with Crippen LogP contribution in [0.1, 0.15) is 30.6 Å². The van der Waals surface area contributed by atoms with E-state index in [9.17, 15) is 14.7 Å². The zero-order valence-corrected chi connectivity index (χ0v) is 14.7. The average Bonchev–Trinajstić information content (AvgIpc) is 2.93. The van der Waals surface area contributed by atoms with Crippen molar-refractivity contribution in [2.24, 2.45) is 0 Å². The van der Waals surface area contributed by atoms with Crippen LogP contribution >= 0.6 is 0 Å². The number of carbonyl (C=O) groups excluding carboxylic acids is 2. The van der Waals surface area contributed by atoms with Gasteiger partial charge in [-0.15, -0.1) is 0 Å². The van der Waals surface area contributed by atoms with E-state index in [1.165, 1.54) is 4.90 Å². The van der Waals surface area contributed by atoms with Gasteiger partial charge in [-0.05, 0) is 42.8 Å². The second-order valence-electron chi connectivity index (χ2n) is 5.98. The number of rotatable bonds is 5. The number of methoxy groups -OCH3 is 1. The summed E-state index contributed by atoms with van der Waals surface area (Å²) >= 11 is 0. The summed E-state index contributed by atoms with van der Waals surface area (Å²) in [7, 11) is 1.55. The van der Waals surface area contributed by atoms with Crippen molar-refractivity contribution in [1.29, 1.82) is 0 Å². The van der Waals surface area contributed by atoms with Crippen molar-refractivity contribution in [3.63, 3.8) is 0 Å². The monoisotopic (exact) mass is 352 g/mol. The minimum atomic E-state index is -0.696. The molecule has 1 aromatic carbocycles. The molecular weight excluding hydrogens is 332 g/mol. The minimum Gasteiger partial charge on any atom is -0.507 e. The highest BCUT2D eigenvalue weighted by atomic mass is 16.5. The number of pyridine rings is 1. The van der Waals surface area contributed by atoms with Crippen molar-refractivity contribution in [3.05, 3.63) is 65.5 Å². The molecule has 0 bridgehead atoms. The summed E-state index contributed by atoms with van der Waals surface area (Å²) in [6, 6.07) is 11.3. The molecule has 1 fully saturated rings. The number of hydrogen-bond donors (Lipinski definition) is 1. The fourth-order valence-corrected chi connectivity index (χ4v) is 3.10. The molecule has 134 valence electrons. The van der Waals surface area contributed by atoms with Gasteiger partial charge in [-0.2, -0.15) is 0 Å². The number of aromatic nitrogens is 1. The van der Waals surface area contributed by atoms with Gasteiger partial charge in [0.25, 0.3) is 11.7 Å². The number of likely N-dealkylation sites (tertiary alicyclic amines) is 1. The Morgan fingerprint density at radius 3 is 2.50 bits per heavy atom. The molecule has 1 aliphatic heterocycles. The predicted molar refractivity (Wildman–Crippen MR) is 96.5 cm³/mol. The quantitative estimate of drug-likeness (QED) is 0.508. The summed E-state index contributed by atoms with van der Waals surface area (Å²) in [5, 5.41) is 10.8. The highest BCUT2D eigenvalue weighted by molar-refractivity contribution is 6.46. The van der Waals surface area contributed by atoms with Crippen LogP contribution in [0.5, 0.6) is 5.75 Å². The molecule has 1 N–H and O–H groups in total. The predicted octanol–water partition coefficient (Wildman–Crippen LogP) is 2.92. The Hall–Kier alpha value is -3.15. The largest absolute Gasteiger partial charge is 0.507 e. The van der Waals surface area contributed by atoms with E-state index in [2.05, 4.69) is 4.98 Å². The number of ether oxygens (including phenoxy) is 1. The van der Waals surface area contributed by atoms with Crippen LogP contribution in [0.25, 0.3) is 5.76 Å². The van der Waals surface area contributed by atoms with Crippen LogP contribution in [0.4, 0.5) is 0 Å². The van der Waals surface area contributed by atoms with E-state index in [1.54, 1.807) is 55.8 Å². The number of aliphatic hydroxyl groups is 1. The Bertz CT molecular complexity index is 844. The van der Waals surface area contributed by atoms with E-state index in [0.29, 0.717) is 30.0 Å². The molecule has 1 amide bonds. The van der Waals surface area contributed by atoms with E-state index in [-0.39, 0.29) is 11.3 Å². The van der Waals surface area contributed by atoms with Gasteiger partial charge in [-0.3, -0.25) is 14.6 Å². The molecular formula is C20H20N2O4. The SMILES string of the molecule is CCCN1C(=O)C(=O)/C(=C(\O)c2ccc(OC)cc2)C1c1ccccn1. The fraction of sp³-hybridized carbons (Fsp3) is 0.250. The number of nitrogens with zero attached hydrogens (tertiary/aromatic N) is 2. The van der Waals surface area contributed by atoms with Crippen LogP contribution in [-0.4, -0.2) is 40.3 Å². The Morgan fingerprint density at radius 1 is 1.19 bits per heavy atom. The molecule has 0 spiro atoms. The van der Waals surface area contributed by atoms with Crippen molar-refractivity contribution < 1.29 is 19.4 Å². The molecule has 1 aliphatic rings.